The summed E-state index contributed by atoms with van der Waals surface area (Å²) in [7, 11) is 0. The quantitative estimate of drug-likeness (QED) is 0.708. The molecule has 17 heavy (non-hydrogen) atoms. The number of carbonyl (C=O) groups is 1. The fraction of sp³-hybridized carbons (Fsp3) is 0.500. The molecule has 3 heteroatoms. The van der Waals surface area contributed by atoms with Crippen LogP contribution in [-0.2, 0) is 4.79 Å². The van der Waals surface area contributed by atoms with E-state index < -0.39 is 0 Å². The van der Waals surface area contributed by atoms with Gasteiger partial charge in [0.2, 0.25) is 0 Å². The smallest absolute Gasteiger partial charge is 0.127 e. The van der Waals surface area contributed by atoms with Gasteiger partial charge in [0.1, 0.15) is 12.1 Å². The highest BCUT2D eigenvalue weighted by molar-refractivity contribution is 5.61. The van der Waals surface area contributed by atoms with E-state index in [2.05, 4.69) is 4.90 Å². The van der Waals surface area contributed by atoms with Gasteiger partial charge in [0.25, 0.3) is 0 Å². The minimum atomic E-state index is -0.343. The van der Waals surface area contributed by atoms with Crippen molar-refractivity contribution in [2.45, 2.75) is 27.2 Å². The van der Waals surface area contributed by atoms with E-state index in [9.17, 15) is 9.18 Å². The molecule has 0 heterocycles. The summed E-state index contributed by atoms with van der Waals surface area (Å²) < 4.78 is 12.8. The molecule has 1 aromatic carbocycles. The SMILES string of the molecule is CCN(CC(C)(C=O)CC)c1ccc(F)cc1. The van der Waals surface area contributed by atoms with Gasteiger partial charge in [-0.05, 0) is 37.6 Å². The molecule has 0 aliphatic heterocycles. The Morgan fingerprint density at radius 1 is 1.29 bits per heavy atom. The number of hydrogen-bond donors (Lipinski definition) is 0. The minimum absolute atomic E-state index is 0.238. The highest BCUT2D eigenvalue weighted by atomic mass is 19.1. The minimum Gasteiger partial charge on any atom is -0.371 e. The largest absolute Gasteiger partial charge is 0.371 e. The summed E-state index contributed by atoms with van der Waals surface area (Å²) in [6, 6.07) is 6.39. The van der Waals surface area contributed by atoms with E-state index in [4.69, 9.17) is 0 Å². The van der Waals surface area contributed by atoms with Crippen LogP contribution >= 0.6 is 0 Å². The average molecular weight is 237 g/mol. The van der Waals surface area contributed by atoms with Crippen LogP contribution in [0.15, 0.2) is 24.3 Å². The lowest BCUT2D eigenvalue weighted by Crippen LogP contribution is -2.36. The number of aldehydes is 1. The van der Waals surface area contributed by atoms with Gasteiger partial charge in [-0.2, -0.15) is 0 Å². The van der Waals surface area contributed by atoms with Crippen LogP contribution in [0.4, 0.5) is 10.1 Å². The van der Waals surface area contributed by atoms with Crippen molar-refractivity contribution < 1.29 is 9.18 Å². The molecule has 94 valence electrons. The number of rotatable bonds is 6. The van der Waals surface area contributed by atoms with Gasteiger partial charge in [0, 0.05) is 24.2 Å². The van der Waals surface area contributed by atoms with Crippen LogP contribution in [0.5, 0.6) is 0 Å². The summed E-state index contributed by atoms with van der Waals surface area (Å²) in [5.74, 6) is -0.238. The zero-order valence-corrected chi connectivity index (χ0v) is 10.7. The molecule has 1 rings (SSSR count). The molecule has 0 fully saturated rings. The summed E-state index contributed by atoms with van der Waals surface area (Å²) in [6.45, 7) is 7.45. The maximum Gasteiger partial charge on any atom is 0.127 e. The maximum absolute atomic E-state index is 12.8. The molecule has 0 N–H and O–H groups in total. The average Bonchev–Trinajstić information content (AvgIpc) is 2.37. The van der Waals surface area contributed by atoms with Crippen LogP contribution in [0, 0.1) is 11.2 Å². The number of anilines is 1. The molecule has 0 amide bonds. The van der Waals surface area contributed by atoms with Crippen molar-refractivity contribution in [1.29, 1.82) is 0 Å². The molecule has 1 aromatic rings. The fourth-order valence-corrected chi connectivity index (χ4v) is 1.71. The van der Waals surface area contributed by atoms with E-state index in [0.717, 1.165) is 24.9 Å². The first-order valence-corrected chi connectivity index (χ1v) is 6.01. The molecule has 0 aliphatic rings. The zero-order chi connectivity index (χ0) is 12.9. The van der Waals surface area contributed by atoms with Crippen molar-refractivity contribution in [1.82, 2.24) is 0 Å². The molecule has 1 atom stereocenters. The molecular formula is C14H20FNO. The van der Waals surface area contributed by atoms with E-state index in [-0.39, 0.29) is 11.2 Å². The molecule has 1 unspecified atom stereocenters. The Morgan fingerprint density at radius 2 is 1.88 bits per heavy atom. The first kappa shape index (κ1) is 13.7. The molecule has 0 saturated heterocycles. The third-order valence-corrected chi connectivity index (χ3v) is 3.22. The van der Waals surface area contributed by atoms with Gasteiger partial charge in [0.05, 0.1) is 0 Å². The monoisotopic (exact) mass is 237 g/mol. The van der Waals surface area contributed by atoms with E-state index in [1.807, 2.05) is 20.8 Å². The van der Waals surface area contributed by atoms with Crippen LogP contribution < -0.4 is 4.90 Å². The number of benzene rings is 1. The number of carbonyl (C=O) groups excluding carboxylic acids is 1. The normalized spacial score (nSPS) is 14.1. The van der Waals surface area contributed by atoms with Gasteiger partial charge in [-0.1, -0.05) is 13.8 Å². The van der Waals surface area contributed by atoms with Gasteiger partial charge in [-0.3, -0.25) is 0 Å². The molecular weight excluding hydrogens is 217 g/mol. The van der Waals surface area contributed by atoms with Gasteiger partial charge in [0.15, 0.2) is 0 Å². The first-order valence-electron chi connectivity index (χ1n) is 6.01. The van der Waals surface area contributed by atoms with Crippen molar-refractivity contribution in [3.05, 3.63) is 30.1 Å². The summed E-state index contributed by atoms with van der Waals surface area (Å²) in [6.07, 6.45) is 1.81. The predicted octanol–water partition coefficient (Wildman–Crippen LogP) is 3.27. The van der Waals surface area contributed by atoms with Crippen molar-refractivity contribution in [2.75, 3.05) is 18.0 Å². The predicted molar refractivity (Wildman–Crippen MR) is 68.7 cm³/mol. The Balaban J connectivity index is 2.85. The van der Waals surface area contributed by atoms with Crippen LogP contribution in [0.25, 0.3) is 0 Å². The van der Waals surface area contributed by atoms with E-state index in [1.165, 1.54) is 12.1 Å². The highest BCUT2D eigenvalue weighted by Gasteiger charge is 2.24. The van der Waals surface area contributed by atoms with Gasteiger partial charge < -0.3 is 9.69 Å². The fourth-order valence-electron chi connectivity index (χ4n) is 1.71. The van der Waals surface area contributed by atoms with Gasteiger partial charge in [-0.25, -0.2) is 4.39 Å². The highest BCUT2D eigenvalue weighted by Crippen LogP contribution is 2.23. The second-order valence-electron chi connectivity index (χ2n) is 4.62. The molecule has 0 bridgehead atoms. The summed E-state index contributed by atoms with van der Waals surface area (Å²) >= 11 is 0. The van der Waals surface area contributed by atoms with Gasteiger partial charge in [-0.15, -0.1) is 0 Å². The molecule has 0 aromatic heterocycles. The molecule has 0 aliphatic carbocycles. The molecule has 2 nitrogen and oxygen atoms in total. The third kappa shape index (κ3) is 3.55. The Morgan fingerprint density at radius 3 is 2.29 bits per heavy atom. The van der Waals surface area contributed by atoms with Crippen LogP contribution in [-0.4, -0.2) is 19.4 Å². The van der Waals surface area contributed by atoms with Gasteiger partial charge >= 0.3 is 0 Å². The Bertz CT molecular complexity index is 363. The summed E-state index contributed by atoms with van der Waals surface area (Å²) in [5.41, 5.74) is 0.611. The standard InChI is InChI=1S/C14H20FNO/c1-4-14(3,11-17)10-16(5-2)13-8-6-12(15)7-9-13/h6-9,11H,4-5,10H2,1-3H3. The second-order valence-corrected chi connectivity index (χ2v) is 4.62. The molecule has 0 spiro atoms. The Kier molecular flexibility index (Phi) is 4.67. The van der Waals surface area contributed by atoms with E-state index in [1.54, 1.807) is 12.1 Å². The van der Waals surface area contributed by atoms with Crippen molar-refractivity contribution >= 4 is 12.0 Å². The van der Waals surface area contributed by atoms with Crippen LogP contribution in [0.2, 0.25) is 0 Å². The molecule has 0 saturated carbocycles. The summed E-state index contributed by atoms with van der Waals surface area (Å²) in [5, 5.41) is 0. The molecule has 0 radical (unpaired) electrons. The lowest BCUT2D eigenvalue weighted by atomic mass is 9.88. The number of nitrogens with zero attached hydrogens (tertiary/aromatic N) is 1. The first-order chi connectivity index (χ1) is 8.04. The number of halogens is 1. The third-order valence-electron chi connectivity index (χ3n) is 3.22. The Labute approximate surface area is 102 Å². The Hall–Kier alpha value is -1.38. The second kappa shape index (κ2) is 5.80. The topological polar surface area (TPSA) is 20.3 Å². The number of hydrogen-bond acceptors (Lipinski definition) is 2. The van der Waals surface area contributed by atoms with Crippen LogP contribution in [0.1, 0.15) is 27.2 Å². The lowest BCUT2D eigenvalue weighted by molar-refractivity contribution is -0.115. The van der Waals surface area contributed by atoms with Crippen LogP contribution in [0.3, 0.4) is 0 Å². The zero-order valence-electron chi connectivity index (χ0n) is 10.7. The van der Waals surface area contributed by atoms with Crippen molar-refractivity contribution in [3.8, 4) is 0 Å². The van der Waals surface area contributed by atoms with E-state index >= 15 is 0 Å². The van der Waals surface area contributed by atoms with Crippen molar-refractivity contribution in [3.63, 3.8) is 0 Å². The summed E-state index contributed by atoms with van der Waals surface area (Å²) in [4.78, 5) is 13.2. The van der Waals surface area contributed by atoms with E-state index in [0.29, 0.717) is 6.54 Å². The van der Waals surface area contributed by atoms with Crippen molar-refractivity contribution in [2.24, 2.45) is 5.41 Å². The lowest BCUT2D eigenvalue weighted by Gasteiger charge is -2.31. The maximum atomic E-state index is 12.8.